The van der Waals surface area contributed by atoms with Gasteiger partial charge in [-0.3, -0.25) is 9.59 Å². The topological polar surface area (TPSA) is 34.1 Å². The number of carbonyl (C=O) groups is 2. The van der Waals surface area contributed by atoms with E-state index < -0.39 is 0 Å². The van der Waals surface area contributed by atoms with E-state index in [1.54, 1.807) is 12.1 Å². The van der Waals surface area contributed by atoms with Crippen molar-refractivity contribution < 1.29 is 9.59 Å². The molecule has 0 N–H and O–H groups in total. The van der Waals surface area contributed by atoms with Crippen LogP contribution >= 0.6 is 0 Å². The van der Waals surface area contributed by atoms with E-state index >= 15 is 0 Å². The molecule has 1 aromatic carbocycles. The Bertz CT molecular complexity index is 351. The van der Waals surface area contributed by atoms with Gasteiger partial charge in [0.05, 0.1) is 0 Å². The van der Waals surface area contributed by atoms with Crippen molar-refractivity contribution in [3.63, 3.8) is 0 Å². The molecule has 1 rings (SSSR count). The number of benzene rings is 1. The normalized spacial score (nSPS) is 10.2. The monoisotopic (exact) mass is 174 g/mol. The third-order valence-electron chi connectivity index (χ3n) is 1.72. The lowest BCUT2D eigenvalue weighted by molar-refractivity contribution is -0.104. The Balaban J connectivity index is 3.12. The summed E-state index contributed by atoms with van der Waals surface area (Å²) in [6.07, 6.45) is 4.47. The molecule has 2 nitrogen and oxygen atoms in total. The molecule has 0 atom stereocenters. The Morgan fingerprint density at radius 1 is 1.15 bits per heavy atom. The predicted octanol–water partition coefficient (Wildman–Crippen LogP) is 2.02. The zero-order valence-corrected chi connectivity index (χ0v) is 7.36. The van der Waals surface area contributed by atoms with Crippen molar-refractivity contribution in [2.45, 2.75) is 6.92 Å². The maximum atomic E-state index is 10.6. The van der Waals surface area contributed by atoms with Crippen molar-refractivity contribution in [1.29, 1.82) is 0 Å². The molecule has 0 aliphatic carbocycles. The van der Waals surface area contributed by atoms with Gasteiger partial charge < -0.3 is 0 Å². The van der Waals surface area contributed by atoms with Gasteiger partial charge in [0.25, 0.3) is 0 Å². The molecule has 0 heterocycles. The first-order chi connectivity index (χ1) is 6.27. The Hall–Kier alpha value is -1.70. The standard InChI is InChI=1S/C11H10O2/c1-9-4-5-10(3-2-6-12)11(7-9)8-13/h2-8H,1H3. The van der Waals surface area contributed by atoms with Crippen molar-refractivity contribution in [2.75, 3.05) is 0 Å². The maximum absolute atomic E-state index is 10.6. The van der Waals surface area contributed by atoms with Crippen LogP contribution in [0.2, 0.25) is 0 Å². The highest BCUT2D eigenvalue weighted by Gasteiger charge is 1.97. The third-order valence-corrected chi connectivity index (χ3v) is 1.72. The van der Waals surface area contributed by atoms with E-state index in [2.05, 4.69) is 0 Å². The lowest BCUT2D eigenvalue weighted by atomic mass is 10.1. The van der Waals surface area contributed by atoms with Crippen LogP contribution in [0.3, 0.4) is 0 Å². The number of allylic oxidation sites excluding steroid dienone is 1. The summed E-state index contributed by atoms with van der Waals surface area (Å²) < 4.78 is 0. The fraction of sp³-hybridized carbons (Fsp3) is 0.0909. The molecule has 0 bridgehead atoms. The number of hydrogen-bond donors (Lipinski definition) is 0. The molecule has 0 aromatic heterocycles. The van der Waals surface area contributed by atoms with E-state index in [1.807, 2.05) is 19.1 Å². The molecule has 1 aromatic rings. The van der Waals surface area contributed by atoms with Gasteiger partial charge in [0, 0.05) is 5.56 Å². The van der Waals surface area contributed by atoms with Crippen LogP contribution in [-0.2, 0) is 4.79 Å². The van der Waals surface area contributed by atoms with Crippen LogP contribution in [-0.4, -0.2) is 12.6 Å². The highest BCUT2D eigenvalue weighted by atomic mass is 16.1. The van der Waals surface area contributed by atoms with Gasteiger partial charge in [-0.15, -0.1) is 0 Å². The molecular formula is C11H10O2. The minimum atomic E-state index is 0.609. The zero-order chi connectivity index (χ0) is 9.68. The van der Waals surface area contributed by atoms with E-state index in [-0.39, 0.29) is 0 Å². The van der Waals surface area contributed by atoms with Gasteiger partial charge in [-0.1, -0.05) is 23.8 Å². The molecule has 0 saturated carbocycles. The van der Waals surface area contributed by atoms with Gasteiger partial charge in [0.15, 0.2) is 6.29 Å². The van der Waals surface area contributed by atoms with Crippen LogP contribution in [0, 0.1) is 6.92 Å². The molecule has 0 saturated heterocycles. The zero-order valence-electron chi connectivity index (χ0n) is 7.36. The number of hydrogen-bond acceptors (Lipinski definition) is 2. The highest BCUT2D eigenvalue weighted by molar-refractivity contribution is 5.84. The number of aryl methyl sites for hydroxylation is 1. The molecule has 13 heavy (non-hydrogen) atoms. The van der Waals surface area contributed by atoms with E-state index in [0.29, 0.717) is 11.8 Å². The largest absolute Gasteiger partial charge is 0.299 e. The quantitative estimate of drug-likeness (QED) is 0.519. The molecule has 0 radical (unpaired) electrons. The summed E-state index contributed by atoms with van der Waals surface area (Å²) in [4.78, 5) is 20.7. The van der Waals surface area contributed by atoms with E-state index in [1.165, 1.54) is 6.08 Å². The first kappa shape index (κ1) is 9.39. The van der Waals surface area contributed by atoms with Crippen LogP contribution in [0.15, 0.2) is 24.3 Å². The fourth-order valence-electron chi connectivity index (χ4n) is 1.09. The number of carbonyl (C=O) groups excluding carboxylic acids is 2. The van der Waals surface area contributed by atoms with Crippen LogP contribution in [0.5, 0.6) is 0 Å². The minimum absolute atomic E-state index is 0.609. The Morgan fingerprint density at radius 3 is 2.54 bits per heavy atom. The average Bonchev–Trinajstić information content (AvgIpc) is 2.16. The van der Waals surface area contributed by atoms with Crippen molar-refractivity contribution in [2.24, 2.45) is 0 Å². The smallest absolute Gasteiger partial charge is 0.150 e. The molecule has 66 valence electrons. The van der Waals surface area contributed by atoms with Gasteiger partial charge in [-0.05, 0) is 24.6 Å². The molecule has 0 aliphatic rings. The summed E-state index contributed by atoms with van der Waals surface area (Å²) in [5.41, 5.74) is 2.41. The summed E-state index contributed by atoms with van der Waals surface area (Å²) in [7, 11) is 0. The molecule has 0 aliphatic heterocycles. The van der Waals surface area contributed by atoms with Crippen molar-refractivity contribution in [3.05, 3.63) is 41.0 Å². The fourth-order valence-corrected chi connectivity index (χ4v) is 1.09. The summed E-state index contributed by atoms with van der Waals surface area (Å²) in [5.74, 6) is 0. The number of aldehydes is 2. The maximum Gasteiger partial charge on any atom is 0.150 e. The van der Waals surface area contributed by atoms with E-state index in [4.69, 9.17) is 0 Å². The van der Waals surface area contributed by atoms with Crippen LogP contribution in [0.1, 0.15) is 21.5 Å². The van der Waals surface area contributed by atoms with E-state index in [0.717, 1.165) is 17.4 Å². The van der Waals surface area contributed by atoms with E-state index in [9.17, 15) is 9.59 Å². The van der Waals surface area contributed by atoms with Crippen LogP contribution in [0.25, 0.3) is 6.08 Å². The van der Waals surface area contributed by atoms with Crippen LogP contribution in [0.4, 0.5) is 0 Å². The first-order valence-electron chi connectivity index (χ1n) is 3.95. The van der Waals surface area contributed by atoms with Gasteiger partial charge in [0.2, 0.25) is 0 Å². The Kier molecular flexibility index (Phi) is 3.15. The summed E-state index contributed by atoms with van der Waals surface area (Å²) >= 11 is 0. The van der Waals surface area contributed by atoms with Crippen molar-refractivity contribution in [3.8, 4) is 0 Å². The van der Waals surface area contributed by atoms with Gasteiger partial charge in [-0.25, -0.2) is 0 Å². The van der Waals surface area contributed by atoms with Gasteiger partial charge >= 0.3 is 0 Å². The third kappa shape index (κ3) is 2.37. The Morgan fingerprint density at radius 2 is 1.92 bits per heavy atom. The van der Waals surface area contributed by atoms with Gasteiger partial charge in [-0.2, -0.15) is 0 Å². The molecule has 0 unspecified atom stereocenters. The van der Waals surface area contributed by atoms with Gasteiger partial charge in [0.1, 0.15) is 6.29 Å². The van der Waals surface area contributed by atoms with Crippen molar-refractivity contribution in [1.82, 2.24) is 0 Å². The molecule has 0 amide bonds. The van der Waals surface area contributed by atoms with Crippen LogP contribution < -0.4 is 0 Å². The summed E-state index contributed by atoms with van der Waals surface area (Å²) in [6, 6.07) is 5.51. The predicted molar refractivity (Wildman–Crippen MR) is 51.7 cm³/mol. The summed E-state index contributed by atoms with van der Waals surface area (Å²) in [6.45, 7) is 1.92. The molecule has 0 fully saturated rings. The first-order valence-corrected chi connectivity index (χ1v) is 3.95. The molecular weight excluding hydrogens is 164 g/mol. The second kappa shape index (κ2) is 4.36. The number of rotatable bonds is 3. The highest BCUT2D eigenvalue weighted by Crippen LogP contribution is 2.10. The minimum Gasteiger partial charge on any atom is -0.299 e. The second-order valence-electron chi connectivity index (χ2n) is 2.75. The second-order valence-corrected chi connectivity index (χ2v) is 2.75. The Labute approximate surface area is 76.9 Å². The van der Waals surface area contributed by atoms with Crippen molar-refractivity contribution >= 4 is 18.6 Å². The summed E-state index contributed by atoms with van der Waals surface area (Å²) in [5, 5.41) is 0. The lowest BCUT2D eigenvalue weighted by Gasteiger charge is -1.99. The SMILES string of the molecule is Cc1ccc(C=CC=O)c(C=O)c1. The molecule has 0 spiro atoms. The molecule has 2 heteroatoms. The average molecular weight is 174 g/mol. The lowest BCUT2D eigenvalue weighted by Crippen LogP contribution is -1.87.